The molecule has 0 radical (unpaired) electrons. The topological polar surface area (TPSA) is 61.1 Å². The highest BCUT2D eigenvalue weighted by molar-refractivity contribution is 7.20. The van der Waals surface area contributed by atoms with Crippen LogP contribution in [0.5, 0.6) is 0 Å². The van der Waals surface area contributed by atoms with Crippen LogP contribution >= 0.6 is 11.3 Å². The first-order valence-corrected chi connectivity index (χ1v) is 5.02. The Morgan fingerprint density at radius 2 is 1.93 bits per heavy atom. The number of nitrogens with zero attached hydrogens (tertiary/aromatic N) is 2. The van der Waals surface area contributed by atoms with Gasteiger partial charge in [0.2, 0.25) is 0 Å². The number of hydrogen-bond donors (Lipinski definition) is 0. The maximum Gasteiger partial charge on any atom is 0.331 e. The van der Waals surface area contributed by atoms with Crippen LogP contribution in [0.15, 0.2) is 15.7 Å². The van der Waals surface area contributed by atoms with E-state index in [0.29, 0.717) is 21.4 Å². The number of carbonyl (C=O) groups is 1. The second-order valence-corrected chi connectivity index (χ2v) is 4.25. The monoisotopic (exact) mass is 224 g/mol. The SMILES string of the molecule is Cn1c(=O)c2cc(C=O)sc2n(C)c1=O. The molecule has 78 valence electrons. The van der Waals surface area contributed by atoms with Gasteiger partial charge in [0.25, 0.3) is 5.56 Å². The molecule has 0 aliphatic rings. The molecule has 2 heterocycles. The first-order valence-electron chi connectivity index (χ1n) is 4.21. The highest BCUT2D eigenvalue weighted by Gasteiger charge is 2.11. The molecule has 15 heavy (non-hydrogen) atoms. The zero-order chi connectivity index (χ0) is 11.2. The van der Waals surface area contributed by atoms with Crippen molar-refractivity contribution in [2.24, 2.45) is 14.1 Å². The second kappa shape index (κ2) is 3.16. The molecule has 2 aromatic heterocycles. The molecule has 0 fully saturated rings. The molecule has 0 unspecified atom stereocenters. The fraction of sp³-hybridized carbons (Fsp3) is 0.222. The van der Waals surface area contributed by atoms with E-state index in [0.717, 1.165) is 15.9 Å². The maximum atomic E-state index is 11.7. The van der Waals surface area contributed by atoms with E-state index in [-0.39, 0.29) is 11.2 Å². The minimum atomic E-state index is -0.383. The number of aromatic nitrogens is 2. The quantitative estimate of drug-likeness (QED) is 0.646. The standard InChI is InChI=1S/C9H8N2O3S/c1-10-7(13)6-3-5(4-12)15-8(6)11(2)9(10)14/h3-4H,1-2H3. The summed E-state index contributed by atoms with van der Waals surface area (Å²) in [5.41, 5.74) is -0.746. The van der Waals surface area contributed by atoms with Gasteiger partial charge in [0.05, 0.1) is 10.3 Å². The van der Waals surface area contributed by atoms with Gasteiger partial charge >= 0.3 is 5.69 Å². The van der Waals surface area contributed by atoms with Crippen LogP contribution in [0, 0.1) is 0 Å². The van der Waals surface area contributed by atoms with Gasteiger partial charge in [-0.2, -0.15) is 0 Å². The van der Waals surface area contributed by atoms with Gasteiger partial charge in [0.15, 0.2) is 6.29 Å². The van der Waals surface area contributed by atoms with E-state index in [9.17, 15) is 14.4 Å². The zero-order valence-electron chi connectivity index (χ0n) is 8.18. The Labute approximate surface area is 88.2 Å². The molecule has 0 saturated carbocycles. The Bertz CT molecular complexity index is 662. The highest BCUT2D eigenvalue weighted by atomic mass is 32.1. The lowest BCUT2D eigenvalue weighted by Gasteiger charge is -2.01. The van der Waals surface area contributed by atoms with Crippen LogP contribution in [-0.2, 0) is 14.1 Å². The molecule has 0 N–H and O–H groups in total. The predicted molar refractivity (Wildman–Crippen MR) is 57.7 cm³/mol. The number of aldehydes is 1. The fourth-order valence-electron chi connectivity index (χ4n) is 1.44. The van der Waals surface area contributed by atoms with Crippen molar-refractivity contribution in [1.29, 1.82) is 0 Å². The third-order valence-electron chi connectivity index (χ3n) is 2.26. The van der Waals surface area contributed by atoms with Crippen molar-refractivity contribution in [2.45, 2.75) is 0 Å². The molecule has 0 aromatic carbocycles. The maximum absolute atomic E-state index is 11.7. The lowest BCUT2D eigenvalue weighted by molar-refractivity contribution is 0.112. The minimum absolute atomic E-state index is 0.363. The average Bonchev–Trinajstić information content (AvgIpc) is 2.67. The van der Waals surface area contributed by atoms with E-state index in [4.69, 9.17) is 0 Å². The first-order chi connectivity index (χ1) is 7.06. The number of fused-ring (bicyclic) bond motifs is 1. The molecule has 2 aromatic rings. The Kier molecular flexibility index (Phi) is 2.08. The normalized spacial score (nSPS) is 10.8. The van der Waals surface area contributed by atoms with Crippen LogP contribution < -0.4 is 11.2 Å². The summed E-state index contributed by atoms with van der Waals surface area (Å²) < 4.78 is 2.40. The van der Waals surface area contributed by atoms with Crippen molar-refractivity contribution >= 4 is 27.8 Å². The van der Waals surface area contributed by atoms with Crippen LogP contribution in [0.4, 0.5) is 0 Å². The van der Waals surface area contributed by atoms with Crippen LogP contribution in [-0.4, -0.2) is 15.4 Å². The Balaban J connectivity index is 3.11. The van der Waals surface area contributed by atoms with Gasteiger partial charge in [0, 0.05) is 14.1 Å². The van der Waals surface area contributed by atoms with Crippen LogP contribution in [0.1, 0.15) is 9.67 Å². The molecule has 0 saturated heterocycles. The summed E-state index contributed by atoms with van der Waals surface area (Å²) in [5, 5.41) is 0.409. The lowest BCUT2D eigenvalue weighted by Crippen LogP contribution is -2.36. The van der Waals surface area contributed by atoms with Crippen molar-refractivity contribution in [3.8, 4) is 0 Å². The van der Waals surface area contributed by atoms with Crippen molar-refractivity contribution in [3.63, 3.8) is 0 Å². The van der Waals surface area contributed by atoms with Crippen molar-refractivity contribution in [1.82, 2.24) is 9.13 Å². The summed E-state index contributed by atoms with van der Waals surface area (Å²) in [6.45, 7) is 0. The molecule has 0 aliphatic carbocycles. The van der Waals surface area contributed by atoms with Gasteiger partial charge in [0.1, 0.15) is 4.83 Å². The molecule has 5 nitrogen and oxygen atoms in total. The van der Waals surface area contributed by atoms with E-state index < -0.39 is 0 Å². The van der Waals surface area contributed by atoms with Crippen LogP contribution in [0.2, 0.25) is 0 Å². The van der Waals surface area contributed by atoms with Crippen molar-refractivity contribution in [2.75, 3.05) is 0 Å². The molecular weight excluding hydrogens is 216 g/mol. The third kappa shape index (κ3) is 1.25. The molecule has 0 amide bonds. The van der Waals surface area contributed by atoms with E-state index in [1.807, 2.05) is 0 Å². The van der Waals surface area contributed by atoms with Gasteiger partial charge in [-0.25, -0.2) is 4.79 Å². The van der Waals surface area contributed by atoms with Crippen LogP contribution in [0.3, 0.4) is 0 Å². The Morgan fingerprint density at radius 1 is 1.27 bits per heavy atom. The molecule has 0 aliphatic heterocycles. The minimum Gasteiger partial charge on any atom is -0.297 e. The van der Waals surface area contributed by atoms with Gasteiger partial charge in [-0.15, -0.1) is 11.3 Å². The Hall–Kier alpha value is -1.69. The molecule has 0 spiro atoms. The number of aryl methyl sites for hydroxylation is 1. The highest BCUT2D eigenvalue weighted by Crippen LogP contribution is 2.19. The number of thiophene rings is 1. The van der Waals surface area contributed by atoms with Gasteiger partial charge in [-0.3, -0.25) is 18.7 Å². The number of hydrogen-bond acceptors (Lipinski definition) is 4. The fourth-order valence-corrected chi connectivity index (χ4v) is 2.36. The molecular formula is C9H8N2O3S. The first kappa shape index (κ1) is 9.85. The molecule has 0 bridgehead atoms. The molecule has 2 rings (SSSR count). The van der Waals surface area contributed by atoms with E-state index in [2.05, 4.69) is 0 Å². The van der Waals surface area contributed by atoms with Crippen molar-refractivity contribution in [3.05, 3.63) is 31.8 Å². The molecule has 6 heteroatoms. The summed E-state index contributed by atoms with van der Waals surface area (Å²) in [4.78, 5) is 34.8. The second-order valence-electron chi connectivity index (χ2n) is 3.19. The summed E-state index contributed by atoms with van der Waals surface area (Å²) in [6, 6.07) is 1.51. The lowest BCUT2D eigenvalue weighted by atomic mass is 10.3. The van der Waals surface area contributed by atoms with Crippen LogP contribution in [0.25, 0.3) is 10.2 Å². The smallest absolute Gasteiger partial charge is 0.297 e. The summed E-state index contributed by atoms with van der Waals surface area (Å²) in [7, 11) is 3.00. The van der Waals surface area contributed by atoms with Gasteiger partial charge in [-0.1, -0.05) is 0 Å². The molecule has 0 atom stereocenters. The predicted octanol–water partition coefficient (Wildman–Crippen LogP) is 0.111. The van der Waals surface area contributed by atoms with Gasteiger partial charge in [-0.05, 0) is 6.07 Å². The summed E-state index contributed by atoms with van der Waals surface area (Å²) in [5.74, 6) is 0. The number of rotatable bonds is 1. The summed E-state index contributed by atoms with van der Waals surface area (Å²) in [6.07, 6.45) is 0.675. The van der Waals surface area contributed by atoms with E-state index in [1.54, 1.807) is 7.05 Å². The zero-order valence-corrected chi connectivity index (χ0v) is 9.00. The summed E-state index contributed by atoms with van der Waals surface area (Å²) >= 11 is 1.14. The Morgan fingerprint density at radius 3 is 2.53 bits per heavy atom. The van der Waals surface area contributed by atoms with E-state index in [1.165, 1.54) is 17.7 Å². The van der Waals surface area contributed by atoms with E-state index >= 15 is 0 Å². The van der Waals surface area contributed by atoms with Crippen molar-refractivity contribution < 1.29 is 4.79 Å². The van der Waals surface area contributed by atoms with Gasteiger partial charge < -0.3 is 0 Å². The third-order valence-corrected chi connectivity index (χ3v) is 3.40. The largest absolute Gasteiger partial charge is 0.331 e. The number of carbonyl (C=O) groups excluding carboxylic acids is 1. The average molecular weight is 224 g/mol.